The standard InChI is InChI=1S/C19H15BrN2O2/c1-13-11-16(22-19(23)14-4-6-15(20)7-5-14)8-9-18(13)24-17-3-2-10-21-12-17/h2-12H,1H3,(H,22,23). The monoisotopic (exact) mass is 382 g/mol. The lowest BCUT2D eigenvalue weighted by Crippen LogP contribution is -2.11. The summed E-state index contributed by atoms with van der Waals surface area (Å²) in [5, 5.41) is 2.89. The van der Waals surface area contributed by atoms with Crippen LogP contribution in [0.5, 0.6) is 11.5 Å². The van der Waals surface area contributed by atoms with E-state index >= 15 is 0 Å². The van der Waals surface area contributed by atoms with Crippen molar-refractivity contribution >= 4 is 27.5 Å². The lowest BCUT2D eigenvalue weighted by molar-refractivity contribution is 0.102. The number of aromatic nitrogens is 1. The van der Waals surface area contributed by atoms with E-state index in [9.17, 15) is 4.79 Å². The van der Waals surface area contributed by atoms with Crippen LogP contribution in [-0.2, 0) is 0 Å². The van der Waals surface area contributed by atoms with E-state index in [1.165, 1.54) is 0 Å². The molecule has 1 aromatic heterocycles. The molecule has 24 heavy (non-hydrogen) atoms. The summed E-state index contributed by atoms with van der Waals surface area (Å²) in [6.45, 7) is 1.93. The zero-order valence-electron chi connectivity index (χ0n) is 13.0. The molecule has 0 aliphatic carbocycles. The summed E-state index contributed by atoms with van der Waals surface area (Å²) < 4.78 is 6.72. The number of aryl methyl sites for hydroxylation is 1. The van der Waals surface area contributed by atoms with Gasteiger partial charge in [0.2, 0.25) is 0 Å². The molecular formula is C19H15BrN2O2. The summed E-state index contributed by atoms with van der Waals surface area (Å²) in [5.41, 5.74) is 2.25. The van der Waals surface area contributed by atoms with Gasteiger partial charge in [0.15, 0.2) is 0 Å². The van der Waals surface area contributed by atoms with Crippen LogP contribution in [0.3, 0.4) is 0 Å². The first kappa shape index (κ1) is 16.2. The van der Waals surface area contributed by atoms with Crippen molar-refractivity contribution in [1.82, 2.24) is 4.98 Å². The van der Waals surface area contributed by atoms with E-state index in [2.05, 4.69) is 26.2 Å². The quantitative estimate of drug-likeness (QED) is 0.674. The van der Waals surface area contributed by atoms with Crippen LogP contribution < -0.4 is 10.1 Å². The number of carbonyl (C=O) groups is 1. The van der Waals surface area contributed by atoms with Gasteiger partial charge in [0.25, 0.3) is 5.91 Å². The Morgan fingerprint density at radius 2 is 1.92 bits per heavy atom. The van der Waals surface area contributed by atoms with Crippen LogP contribution in [0, 0.1) is 6.92 Å². The maximum Gasteiger partial charge on any atom is 0.255 e. The van der Waals surface area contributed by atoms with Gasteiger partial charge < -0.3 is 10.1 Å². The van der Waals surface area contributed by atoms with Crippen LogP contribution in [0.1, 0.15) is 15.9 Å². The van der Waals surface area contributed by atoms with Crippen LogP contribution in [-0.4, -0.2) is 10.9 Å². The number of pyridine rings is 1. The molecule has 3 rings (SSSR count). The molecule has 120 valence electrons. The van der Waals surface area contributed by atoms with E-state index in [0.29, 0.717) is 11.3 Å². The lowest BCUT2D eigenvalue weighted by Gasteiger charge is -2.11. The van der Waals surface area contributed by atoms with Crippen molar-refractivity contribution in [2.75, 3.05) is 5.32 Å². The number of ether oxygens (including phenoxy) is 1. The smallest absolute Gasteiger partial charge is 0.255 e. The normalized spacial score (nSPS) is 10.2. The van der Waals surface area contributed by atoms with Crippen LogP contribution in [0.2, 0.25) is 0 Å². The predicted molar refractivity (Wildman–Crippen MR) is 97.6 cm³/mol. The van der Waals surface area contributed by atoms with Crippen molar-refractivity contribution in [2.24, 2.45) is 0 Å². The molecule has 0 saturated heterocycles. The van der Waals surface area contributed by atoms with Gasteiger partial charge in [-0.2, -0.15) is 0 Å². The number of hydrogen-bond acceptors (Lipinski definition) is 3. The molecular weight excluding hydrogens is 368 g/mol. The van der Waals surface area contributed by atoms with Gasteiger partial charge in [0, 0.05) is 21.9 Å². The number of nitrogens with zero attached hydrogens (tertiary/aromatic N) is 1. The van der Waals surface area contributed by atoms with E-state index in [1.54, 1.807) is 24.5 Å². The van der Waals surface area contributed by atoms with Gasteiger partial charge in [-0.15, -0.1) is 0 Å². The second-order valence-electron chi connectivity index (χ2n) is 5.23. The molecule has 1 N–H and O–H groups in total. The van der Waals surface area contributed by atoms with Gasteiger partial charge in [-0.3, -0.25) is 9.78 Å². The fourth-order valence-electron chi connectivity index (χ4n) is 2.18. The van der Waals surface area contributed by atoms with Crippen molar-refractivity contribution < 1.29 is 9.53 Å². The number of nitrogens with one attached hydrogen (secondary N) is 1. The van der Waals surface area contributed by atoms with E-state index < -0.39 is 0 Å². The Morgan fingerprint density at radius 3 is 2.58 bits per heavy atom. The predicted octanol–water partition coefficient (Wildman–Crippen LogP) is 5.20. The molecule has 0 fully saturated rings. The Morgan fingerprint density at radius 1 is 1.12 bits per heavy atom. The molecule has 0 saturated carbocycles. The Labute approximate surface area is 148 Å². The number of rotatable bonds is 4. The molecule has 3 aromatic rings. The van der Waals surface area contributed by atoms with Gasteiger partial charge in [0.1, 0.15) is 11.5 Å². The van der Waals surface area contributed by atoms with Crippen LogP contribution >= 0.6 is 15.9 Å². The highest BCUT2D eigenvalue weighted by Gasteiger charge is 2.08. The van der Waals surface area contributed by atoms with Gasteiger partial charge >= 0.3 is 0 Å². The van der Waals surface area contributed by atoms with Crippen LogP contribution in [0.25, 0.3) is 0 Å². The molecule has 5 heteroatoms. The lowest BCUT2D eigenvalue weighted by atomic mass is 10.1. The molecule has 4 nitrogen and oxygen atoms in total. The number of benzene rings is 2. The maximum atomic E-state index is 12.2. The second-order valence-corrected chi connectivity index (χ2v) is 6.15. The number of halogens is 1. The largest absolute Gasteiger partial charge is 0.455 e. The number of carbonyl (C=O) groups excluding carboxylic acids is 1. The Hall–Kier alpha value is -2.66. The molecule has 2 aromatic carbocycles. The first-order valence-corrected chi connectivity index (χ1v) is 8.16. The molecule has 0 bridgehead atoms. The zero-order valence-corrected chi connectivity index (χ0v) is 14.6. The molecule has 0 unspecified atom stereocenters. The molecule has 0 radical (unpaired) electrons. The highest BCUT2D eigenvalue weighted by molar-refractivity contribution is 9.10. The summed E-state index contributed by atoms with van der Waals surface area (Å²) in [6, 6.07) is 16.4. The molecule has 1 amide bonds. The highest BCUT2D eigenvalue weighted by atomic mass is 79.9. The number of hydrogen-bond donors (Lipinski definition) is 1. The minimum Gasteiger partial charge on any atom is -0.455 e. The third kappa shape index (κ3) is 4.00. The topological polar surface area (TPSA) is 51.2 Å². The summed E-state index contributed by atoms with van der Waals surface area (Å²) in [5.74, 6) is 1.25. The van der Waals surface area contributed by atoms with E-state index in [-0.39, 0.29) is 5.91 Å². The fraction of sp³-hybridized carbons (Fsp3) is 0.0526. The number of anilines is 1. The molecule has 1 heterocycles. The fourth-order valence-corrected chi connectivity index (χ4v) is 2.44. The maximum absolute atomic E-state index is 12.2. The molecule has 0 spiro atoms. The van der Waals surface area contributed by atoms with E-state index in [0.717, 1.165) is 21.5 Å². The van der Waals surface area contributed by atoms with Crippen molar-refractivity contribution in [3.8, 4) is 11.5 Å². The highest BCUT2D eigenvalue weighted by Crippen LogP contribution is 2.27. The van der Waals surface area contributed by atoms with Gasteiger partial charge in [-0.1, -0.05) is 15.9 Å². The molecule has 0 atom stereocenters. The van der Waals surface area contributed by atoms with E-state index in [4.69, 9.17) is 4.74 Å². The summed E-state index contributed by atoms with van der Waals surface area (Å²) in [7, 11) is 0. The van der Waals surface area contributed by atoms with Gasteiger partial charge in [-0.25, -0.2) is 0 Å². The van der Waals surface area contributed by atoms with Crippen molar-refractivity contribution in [3.05, 3.63) is 82.6 Å². The first-order chi connectivity index (χ1) is 11.6. The summed E-state index contributed by atoms with van der Waals surface area (Å²) in [4.78, 5) is 16.3. The zero-order chi connectivity index (χ0) is 16.9. The third-order valence-corrected chi connectivity index (χ3v) is 3.93. The van der Waals surface area contributed by atoms with E-state index in [1.807, 2.05) is 49.4 Å². The van der Waals surface area contributed by atoms with Crippen molar-refractivity contribution in [2.45, 2.75) is 6.92 Å². The average Bonchev–Trinajstić information content (AvgIpc) is 2.59. The minimum absolute atomic E-state index is 0.150. The van der Waals surface area contributed by atoms with Gasteiger partial charge in [0.05, 0.1) is 6.20 Å². The summed E-state index contributed by atoms with van der Waals surface area (Å²) in [6.07, 6.45) is 3.35. The van der Waals surface area contributed by atoms with Gasteiger partial charge in [-0.05, 0) is 67.1 Å². The van der Waals surface area contributed by atoms with Crippen molar-refractivity contribution in [1.29, 1.82) is 0 Å². The molecule has 0 aliphatic heterocycles. The van der Waals surface area contributed by atoms with Crippen LogP contribution in [0.15, 0.2) is 71.5 Å². The second kappa shape index (κ2) is 7.27. The van der Waals surface area contributed by atoms with Crippen LogP contribution in [0.4, 0.5) is 5.69 Å². The summed E-state index contributed by atoms with van der Waals surface area (Å²) >= 11 is 3.36. The first-order valence-electron chi connectivity index (χ1n) is 7.37. The third-order valence-electron chi connectivity index (χ3n) is 3.40. The Kier molecular flexibility index (Phi) is 4.91. The SMILES string of the molecule is Cc1cc(NC(=O)c2ccc(Br)cc2)ccc1Oc1cccnc1. The minimum atomic E-state index is -0.150. The average molecular weight is 383 g/mol. The number of amides is 1. The Balaban J connectivity index is 1.72. The Bertz CT molecular complexity index is 849. The molecule has 0 aliphatic rings. The van der Waals surface area contributed by atoms with Crippen molar-refractivity contribution in [3.63, 3.8) is 0 Å².